The molecule has 2 N–H and O–H groups in total. The van der Waals surface area contributed by atoms with Gasteiger partial charge in [0.1, 0.15) is 24.2 Å². The molecule has 10 heteroatoms. The molecule has 2 aliphatic rings. The van der Waals surface area contributed by atoms with Crippen LogP contribution in [-0.4, -0.2) is 65.3 Å². The van der Waals surface area contributed by atoms with Gasteiger partial charge in [0.05, 0.1) is 25.1 Å². The van der Waals surface area contributed by atoms with Crippen LogP contribution >= 0.6 is 0 Å². The van der Waals surface area contributed by atoms with Gasteiger partial charge in [0.2, 0.25) is 0 Å². The van der Waals surface area contributed by atoms with E-state index in [1.807, 2.05) is 0 Å². The fourth-order valence-corrected chi connectivity index (χ4v) is 3.85. The number of hydrogen-bond donors (Lipinski definition) is 2. The van der Waals surface area contributed by atoms with Crippen molar-refractivity contribution in [3.8, 4) is 17.6 Å². The second-order valence-electron chi connectivity index (χ2n) is 8.76. The highest BCUT2D eigenvalue weighted by Crippen LogP contribution is 2.31. The van der Waals surface area contributed by atoms with Gasteiger partial charge < -0.3 is 24.8 Å². The Morgan fingerprint density at radius 3 is 2.75 bits per heavy atom. The van der Waals surface area contributed by atoms with Gasteiger partial charge >= 0.3 is 6.03 Å². The van der Waals surface area contributed by atoms with Gasteiger partial charge in [0, 0.05) is 25.2 Å². The Morgan fingerprint density at radius 2 is 2.03 bits per heavy atom. The van der Waals surface area contributed by atoms with E-state index in [2.05, 4.69) is 22.3 Å². The summed E-state index contributed by atoms with van der Waals surface area (Å²) in [6, 6.07) is 9.70. The van der Waals surface area contributed by atoms with E-state index in [1.54, 1.807) is 49.8 Å². The number of nitrogens with one attached hydrogen (secondary N) is 1. The number of ether oxygens (including phenoxy) is 2. The lowest BCUT2D eigenvalue weighted by Gasteiger charge is -2.30. The summed E-state index contributed by atoms with van der Waals surface area (Å²) in [5, 5.41) is 16.9. The second kappa shape index (κ2) is 9.45. The van der Waals surface area contributed by atoms with Crippen LogP contribution in [0.2, 0.25) is 0 Å². The van der Waals surface area contributed by atoms with Gasteiger partial charge in [0.25, 0.3) is 5.91 Å². The minimum atomic E-state index is -1.15. The SMILES string of the molecule is CN1C(=O)C(NC(=O)n2cc(Cc3ccc(F)cc3)cn2)COc2ccc(C#CC3(O)COC3)cc21. The summed E-state index contributed by atoms with van der Waals surface area (Å²) in [5.41, 5.74) is 1.59. The molecule has 1 unspecified atom stereocenters. The summed E-state index contributed by atoms with van der Waals surface area (Å²) in [7, 11) is 1.59. The molecule has 2 aromatic carbocycles. The summed E-state index contributed by atoms with van der Waals surface area (Å²) >= 11 is 0. The predicted octanol–water partition coefficient (Wildman–Crippen LogP) is 1.71. The van der Waals surface area contributed by atoms with Gasteiger partial charge in [0.15, 0.2) is 5.60 Å². The number of benzene rings is 2. The monoisotopic (exact) mass is 490 g/mol. The summed E-state index contributed by atoms with van der Waals surface area (Å²) in [6.45, 7) is 0.267. The number of carbonyl (C=O) groups is 2. The molecule has 3 heterocycles. The lowest BCUT2D eigenvalue weighted by Crippen LogP contribution is -2.50. The molecule has 0 radical (unpaired) electrons. The second-order valence-corrected chi connectivity index (χ2v) is 8.76. The highest BCUT2D eigenvalue weighted by Gasteiger charge is 2.34. The summed E-state index contributed by atoms with van der Waals surface area (Å²) in [5.74, 6) is 5.48. The maximum atomic E-state index is 13.1. The van der Waals surface area contributed by atoms with Gasteiger partial charge in [-0.1, -0.05) is 24.0 Å². The normalized spacial score (nSPS) is 18.1. The largest absolute Gasteiger partial charge is 0.489 e. The van der Waals surface area contributed by atoms with Crippen molar-refractivity contribution in [1.29, 1.82) is 0 Å². The van der Waals surface area contributed by atoms with Gasteiger partial charge in [-0.2, -0.15) is 9.78 Å². The average Bonchev–Trinajstić information content (AvgIpc) is 3.29. The summed E-state index contributed by atoms with van der Waals surface area (Å²) < 4.78 is 25.0. The third-order valence-corrected chi connectivity index (χ3v) is 5.94. The Bertz CT molecular complexity index is 1370. The lowest BCUT2D eigenvalue weighted by atomic mass is 10.0. The number of likely N-dealkylation sites (N-methyl/N-ethyl adjacent to an activating group) is 1. The molecule has 36 heavy (non-hydrogen) atoms. The van der Waals surface area contributed by atoms with Crippen molar-refractivity contribution >= 4 is 17.6 Å². The average molecular weight is 490 g/mol. The van der Waals surface area contributed by atoms with Gasteiger partial charge in [-0.15, -0.1) is 0 Å². The quantitative estimate of drug-likeness (QED) is 0.542. The number of halogens is 1. The minimum Gasteiger partial charge on any atom is -0.489 e. The minimum absolute atomic E-state index is 0.0618. The Labute approximate surface area is 206 Å². The molecule has 184 valence electrons. The zero-order chi connectivity index (χ0) is 25.3. The number of hydrogen-bond acceptors (Lipinski definition) is 6. The van der Waals surface area contributed by atoms with Crippen LogP contribution < -0.4 is 15.0 Å². The van der Waals surface area contributed by atoms with Crippen LogP contribution in [0.4, 0.5) is 14.9 Å². The van der Waals surface area contributed by atoms with E-state index < -0.39 is 17.7 Å². The molecular weight excluding hydrogens is 467 g/mol. The van der Waals surface area contributed by atoms with Crippen LogP contribution in [0.15, 0.2) is 54.9 Å². The zero-order valence-electron chi connectivity index (χ0n) is 19.4. The van der Waals surface area contributed by atoms with Crippen LogP contribution in [0.3, 0.4) is 0 Å². The summed E-state index contributed by atoms with van der Waals surface area (Å²) in [4.78, 5) is 27.3. The zero-order valence-corrected chi connectivity index (χ0v) is 19.4. The standard InChI is InChI=1S/C26H23FN4O5/c1-30-22-11-18(8-9-26(34)15-35-16-26)4-7-23(22)36-14-21(24(30)32)29-25(33)31-13-19(12-28-31)10-17-2-5-20(27)6-3-17/h2-7,11-13,21,34H,10,14-16H2,1H3,(H,29,33). The number of fused-ring (bicyclic) bond motifs is 1. The van der Waals surface area contributed by atoms with Crippen LogP contribution in [0.25, 0.3) is 0 Å². The van der Waals surface area contributed by atoms with Gasteiger partial charge in [-0.25, -0.2) is 9.18 Å². The molecule has 3 aromatic rings. The first kappa shape index (κ1) is 23.5. The molecule has 0 aliphatic carbocycles. The van der Waals surface area contributed by atoms with Crippen LogP contribution in [0.1, 0.15) is 16.7 Å². The number of amides is 2. The number of anilines is 1. The Hall–Kier alpha value is -4.20. The molecular formula is C26H23FN4O5. The Balaban J connectivity index is 1.26. The molecule has 1 atom stereocenters. The van der Waals surface area contributed by atoms with E-state index in [4.69, 9.17) is 9.47 Å². The molecule has 2 amide bonds. The fourth-order valence-electron chi connectivity index (χ4n) is 3.85. The van der Waals surface area contributed by atoms with Crippen LogP contribution in [0.5, 0.6) is 5.75 Å². The molecule has 0 spiro atoms. The first-order chi connectivity index (χ1) is 17.3. The summed E-state index contributed by atoms with van der Waals surface area (Å²) in [6.07, 6.45) is 3.59. The highest BCUT2D eigenvalue weighted by molar-refractivity contribution is 6.00. The number of rotatable bonds is 3. The highest BCUT2D eigenvalue weighted by atomic mass is 19.1. The maximum Gasteiger partial charge on any atom is 0.342 e. The lowest BCUT2D eigenvalue weighted by molar-refractivity contribution is -0.140. The predicted molar refractivity (Wildman–Crippen MR) is 127 cm³/mol. The van der Waals surface area contributed by atoms with E-state index in [9.17, 15) is 19.1 Å². The van der Waals surface area contributed by atoms with Crippen molar-refractivity contribution in [2.24, 2.45) is 0 Å². The van der Waals surface area contributed by atoms with Gasteiger partial charge in [-0.3, -0.25) is 4.79 Å². The number of nitrogens with zero attached hydrogens (tertiary/aromatic N) is 3. The topological polar surface area (TPSA) is 106 Å². The van der Waals surface area contributed by atoms with Gasteiger partial charge in [-0.05, 0) is 41.5 Å². The van der Waals surface area contributed by atoms with Crippen molar-refractivity contribution in [2.45, 2.75) is 18.1 Å². The van der Waals surface area contributed by atoms with Crippen molar-refractivity contribution in [3.63, 3.8) is 0 Å². The number of carbonyl (C=O) groups excluding carboxylic acids is 2. The number of aromatic nitrogens is 2. The molecule has 1 aromatic heterocycles. The fraction of sp³-hybridized carbons (Fsp3) is 0.269. The van der Waals surface area contributed by atoms with Crippen LogP contribution in [0, 0.1) is 17.7 Å². The molecule has 2 aliphatic heterocycles. The van der Waals surface area contributed by atoms with Crippen LogP contribution in [-0.2, 0) is 16.0 Å². The van der Waals surface area contributed by atoms with E-state index >= 15 is 0 Å². The maximum absolute atomic E-state index is 13.1. The van der Waals surface area contributed by atoms with E-state index in [1.165, 1.54) is 17.0 Å². The van der Waals surface area contributed by atoms with Crippen molar-refractivity contribution in [3.05, 3.63) is 77.4 Å². The third-order valence-electron chi connectivity index (χ3n) is 5.94. The first-order valence-corrected chi connectivity index (χ1v) is 11.3. The molecule has 0 saturated carbocycles. The van der Waals surface area contributed by atoms with E-state index in [0.29, 0.717) is 23.4 Å². The van der Waals surface area contributed by atoms with Crippen molar-refractivity contribution in [2.75, 3.05) is 31.8 Å². The molecule has 9 nitrogen and oxygen atoms in total. The molecule has 0 bridgehead atoms. The van der Waals surface area contributed by atoms with Crippen molar-refractivity contribution in [1.82, 2.24) is 15.1 Å². The van der Waals surface area contributed by atoms with Crippen molar-refractivity contribution < 1.29 is 28.6 Å². The Morgan fingerprint density at radius 1 is 1.25 bits per heavy atom. The molecule has 1 saturated heterocycles. The first-order valence-electron chi connectivity index (χ1n) is 11.3. The number of aliphatic hydroxyl groups is 1. The third kappa shape index (κ3) is 4.93. The molecule has 5 rings (SSSR count). The smallest absolute Gasteiger partial charge is 0.342 e. The Kier molecular flexibility index (Phi) is 6.18. The van der Waals surface area contributed by atoms with E-state index in [-0.39, 0.29) is 31.5 Å². The molecule has 1 fully saturated rings. The van der Waals surface area contributed by atoms with E-state index in [0.717, 1.165) is 15.8 Å².